The van der Waals surface area contributed by atoms with E-state index in [9.17, 15) is 36.9 Å². The second-order valence-electron chi connectivity index (χ2n) is 19.8. The third-order valence-corrected chi connectivity index (χ3v) is 13.7. The van der Waals surface area contributed by atoms with Crippen LogP contribution in [0, 0.1) is 23.7 Å². The fourth-order valence-electron chi connectivity index (χ4n) is 8.98. The third kappa shape index (κ3) is 16.1. The van der Waals surface area contributed by atoms with Crippen LogP contribution >= 0.6 is 0 Å². The number of nitrogens with one attached hydrogen (secondary N) is 2. The number of carbonyl (C=O) groups is 5. The molecule has 1 fully saturated rings. The molecular formula is C51H79N5O11S. The van der Waals surface area contributed by atoms with Gasteiger partial charge in [0, 0.05) is 34.9 Å². The van der Waals surface area contributed by atoms with E-state index in [0.717, 1.165) is 5.56 Å². The molecule has 1 aliphatic heterocycles. The number of benzene rings is 2. The Bertz CT molecular complexity index is 2110. The van der Waals surface area contributed by atoms with Crippen LogP contribution in [0.1, 0.15) is 106 Å². The van der Waals surface area contributed by atoms with Gasteiger partial charge in [-0.2, -0.15) is 8.42 Å². The quantitative estimate of drug-likeness (QED) is 0.101. The van der Waals surface area contributed by atoms with Crippen molar-refractivity contribution in [1.29, 1.82) is 0 Å². The van der Waals surface area contributed by atoms with Crippen molar-refractivity contribution >= 4 is 45.9 Å². The molecule has 2 aromatic rings. The van der Waals surface area contributed by atoms with Gasteiger partial charge in [0.2, 0.25) is 23.6 Å². The molecule has 0 saturated carbocycles. The zero-order valence-electron chi connectivity index (χ0n) is 42.7. The molecule has 1 saturated heterocycles. The molecule has 16 nitrogen and oxygen atoms in total. The first-order chi connectivity index (χ1) is 31.8. The molecule has 0 radical (unpaired) electrons. The molecule has 0 bridgehead atoms. The van der Waals surface area contributed by atoms with Gasteiger partial charge in [-0.1, -0.05) is 110 Å². The molecule has 0 aromatic heterocycles. The third-order valence-electron chi connectivity index (χ3n) is 12.8. The Hall–Kier alpha value is -4.84. The van der Waals surface area contributed by atoms with Crippen molar-refractivity contribution in [3.63, 3.8) is 0 Å². The van der Waals surface area contributed by atoms with Crippen LogP contribution in [0.15, 0.2) is 65.6 Å². The highest BCUT2D eigenvalue weighted by Gasteiger charge is 2.44. The maximum Gasteiger partial charge on any atom is 0.410 e. The number of likely N-dealkylation sites (N-methyl/N-ethyl adjacent to an activating group) is 2. The average Bonchev–Trinajstić information content (AvgIpc) is 3.76. The standard InChI is InChI=1S/C51H79N5O11S/c1-15-34(6)45(54(11)49(60)43(32(2)3)53-48(59)44(33(4)5)55(12)50(61)67-51(8,9)10)41(65-13)31-42(57)56-29-19-22-40(56)46(66-14)35(7)47(58)52-38(30-37-20-17-16-18-21-37)26-23-36-24-27-39(28-25-36)68(62,63)64/h16-18,20-21,23-28,32-35,38,40-41,43-46H,15,19,22,29-31H2,1-14H3,(H,52,58)(H,53,59)(H,62,63,64)/b26-23+/t34-,35+,38+,40-,41+,43-,44-,45-,46+/m0/s1. The Kier molecular flexibility index (Phi) is 21.7. The second-order valence-corrected chi connectivity index (χ2v) is 21.2. The van der Waals surface area contributed by atoms with Gasteiger partial charge in [0.15, 0.2) is 0 Å². The van der Waals surface area contributed by atoms with Crippen molar-refractivity contribution in [3.05, 3.63) is 71.8 Å². The Morgan fingerprint density at radius 1 is 0.868 bits per heavy atom. The normalized spacial score (nSPS) is 18.0. The monoisotopic (exact) mass is 970 g/mol. The summed E-state index contributed by atoms with van der Waals surface area (Å²) in [5.74, 6) is -2.76. The van der Waals surface area contributed by atoms with E-state index in [0.29, 0.717) is 37.8 Å². The van der Waals surface area contributed by atoms with E-state index in [1.807, 2.05) is 78.0 Å². The van der Waals surface area contributed by atoms with E-state index in [-0.39, 0.29) is 46.8 Å². The molecule has 17 heteroatoms. The Morgan fingerprint density at radius 3 is 2.00 bits per heavy atom. The van der Waals surface area contributed by atoms with Gasteiger partial charge >= 0.3 is 6.09 Å². The molecule has 1 heterocycles. The second kappa shape index (κ2) is 25.7. The lowest BCUT2D eigenvalue weighted by molar-refractivity contribution is -0.148. The maximum atomic E-state index is 14.6. The van der Waals surface area contributed by atoms with E-state index < -0.39 is 76.1 Å². The predicted molar refractivity (Wildman–Crippen MR) is 263 cm³/mol. The van der Waals surface area contributed by atoms with E-state index in [1.165, 1.54) is 38.3 Å². The van der Waals surface area contributed by atoms with Crippen LogP contribution in [0.5, 0.6) is 0 Å². The lowest BCUT2D eigenvalue weighted by atomic mass is 9.89. The largest absolute Gasteiger partial charge is 0.444 e. The minimum atomic E-state index is -4.35. The summed E-state index contributed by atoms with van der Waals surface area (Å²) >= 11 is 0. The Balaban J connectivity index is 1.83. The number of carbonyl (C=O) groups excluding carboxylic acids is 5. The zero-order chi connectivity index (χ0) is 51.3. The molecule has 0 aliphatic carbocycles. The van der Waals surface area contributed by atoms with Gasteiger partial charge in [0.25, 0.3) is 10.1 Å². The Morgan fingerprint density at radius 2 is 1.49 bits per heavy atom. The number of hydrogen-bond acceptors (Lipinski definition) is 10. The van der Waals surface area contributed by atoms with E-state index in [2.05, 4.69) is 10.6 Å². The smallest absolute Gasteiger partial charge is 0.410 e. The number of hydrogen-bond donors (Lipinski definition) is 3. The van der Waals surface area contributed by atoms with Crippen LogP contribution in [-0.2, 0) is 49.9 Å². The van der Waals surface area contributed by atoms with Crippen molar-refractivity contribution in [2.24, 2.45) is 23.7 Å². The summed E-state index contributed by atoms with van der Waals surface area (Å²) in [5.41, 5.74) is 0.877. The Labute approximate surface area is 405 Å². The maximum absolute atomic E-state index is 14.6. The van der Waals surface area contributed by atoms with Gasteiger partial charge in [0.05, 0.1) is 47.6 Å². The summed E-state index contributed by atoms with van der Waals surface area (Å²) in [5, 5.41) is 6.11. The molecule has 1 aliphatic rings. The molecule has 5 amide bonds. The number of ether oxygens (including phenoxy) is 3. The van der Waals surface area contributed by atoms with Crippen LogP contribution in [0.3, 0.4) is 0 Å². The highest BCUT2D eigenvalue weighted by atomic mass is 32.2. The number of methoxy groups -OCH3 is 2. The van der Waals surface area contributed by atoms with Gasteiger partial charge in [0.1, 0.15) is 17.7 Å². The molecule has 3 N–H and O–H groups in total. The zero-order valence-corrected chi connectivity index (χ0v) is 43.5. The van der Waals surface area contributed by atoms with Gasteiger partial charge in [-0.25, -0.2) is 4.79 Å². The van der Waals surface area contributed by atoms with Crippen LogP contribution in [0.25, 0.3) is 6.08 Å². The average molecular weight is 970 g/mol. The topological polar surface area (TPSA) is 201 Å². The molecule has 3 rings (SSSR count). The number of rotatable bonds is 23. The fraction of sp³-hybridized carbons (Fsp3) is 0.627. The van der Waals surface area contributed by atoms with E-state index in [1.54, 1.807) is 62.8 Å². The molecule has 0 spiro atoms. The van der Waals surface area contributed by atoms with Crippen LogP contribution in [0.4, 0.5) is 4.79 Å². The van der Waals surface area contributed by atoms with Crippen molar-refractivity contribution < 1.29 is 51.2 Å². The minimum absolute atomic E-state index is 0.0550. The molecular weight excluding hydrogens is 891 g/mol. The fourth-order valence-corrected chi connectivity index (χ4v) is 9.46. The summed E-state index contributed by atoms with van der Waals surface area (Å²) in [6.07, 6.45) is 3.94. The first kappa shape index (κ1) is 57.5. The van der Waals surface area contributed by atoms with Crippen LogP contribution in [0.2, 0.25) is 0 Å². The molecule has 2 aromatic carbocycles. The van der Waals surface area contributed by atoms with Crippen molar-refractivity contribution in [2.75, 3.05) is 34.9 Å². The first-order valence-electron chi connectivity index (χ1n) is 23.7. The molecule has 68 heavy (non-hydrogen) atoms. The number of likely N-dealkylation sites (tertiary alicyclic amines) is 1. The summed E-state index contributed by atoms with van der Waals surface area (Å²) in [4.78, 5) is 74.6. The van der Waals surface area contributed by atoms with Gasteiger partial charge < -0.3 is 34.6 Å². The molecule has 380 valence electrons. The van der Waals surface area contributed by atoms with Crippen LogP contribution in [-0.4, -0.2) is 140 Å². The number of nitrogens with zero attached hydrogens (tertiary/aromatic N) is 3. The van der Waals surface area contributed by atoms with E-state index >= 15 is 0 Å². The highest BCUT2D eigenvalue weighted by Crippen LogP contribution is 2.30. The summed E-state index contributed by atoms with van der Waals surface area (Å²) in [7, 11) is 1.89. The van der Waals surface area contributed by atoms with Crippen LogP contribution < -0.4 is 10.6 Å². The lowest BCUT2D eigenvalue weighted by Crippen LogP contribution is -2.60. The number of amides is 5. The van der Waals surface area contributed by atoms with Gasteiger partial charge in [-0.15, -0.1) is 0 Å². The van der Waals surface area contributed by atoms with E-state index in [4.69, 9.17) is 14.2 Å². The van der Waals surface area contributed by atoms with Gasteiger partial charge in [-0.05, 0) is 81.0 Å². The van der Waals surface area contributed by atoms with Crippen molar-refractivity contribution in [1.82, 2.24) is 25.3 Å². The summed E-state index contributed by atoms with van der Waals surface area (Å²) in [6, 6.07) is 12.1. The van der Waals surface area contributed by atoms with Gasteiger partial charge in [-0.3, -0.25) is 28.6 Å². The highest BCUT2D eigenvalue weighted by molar-refractivity contribution is 7.85. The summed E-state index contributed by atoms with van der Waals surface area (Å²) in [6.45, 7) is 18.8. The predicted octanol–water partition coefficient (Wildman–Crippen LogP) is 6.63. The molecule has 0 unspecified atom stereocenters. The van der Waals surface area contributed by atoms with Crippen molar-refractivity contribution in [3.8, 4) is 0 Å². The SMILES string of the molecule is CC[C@H](C)[C@@H]([C@@H](CC(=O)N1CCC[C@H]1[C@H](OC)[C@@H](C)C(=O)N[C@H](/C=C/c1ccc(S(=O)(=O)O)cc1)Cc1ccccc1)OC)N(C)C(=O)[C@@H](NC(=O)[C@H](C(C)C)N(C)C(=O)OC(C)(C)C)C(C)C. The lowest BCUT2D eigenvalue weighted by Gasteiger charge is -2.41. The minimum Gasteiger partial charge on any atom is -0.444 e. The van der Waals surface area contributed by atoms with Crippen molar-refractivity contribution in [2.45, 2.75) is 154 Å². The summed E-state index contributed by atoms with van der Waals surface area (Å²) < 4.78 is 50.2. The molecule has 9 atom stereocenters. The first-order valence-corrected chi connectivity index (χ1v) is 25.2.